The fourth-order valence-corrected chi connectivity index (χ4v) is 3.34. The predicted octanol–water partition coefficient (Wildman–Crippen LogP) is 3.34. The van der Waals surface area contributed by atoms with E-state index in [9.17, 15) is 9.59 Å². The van der Waals surface area contributed by atoms with Gasteiger partial charge in [-0.25, -0.2) is 0 Å². The number of hydrogen-bond donors (Lipinski definition) is 1. The largest absolute Gasteiger partial charge is 0.377 e. The van der Waals surface area contributed by atoms with Crippen molar-refractivity contribution in [2.24, 2.45) is 17.8 Å². The molecule has 22 heavy (non-hydrogen) atoms. The highest BCUT2D eigenvalue weighted by molar-refractivity contribution is 5.97. The van der Waals surface area contributed by atoms with E-state index in [4.69, 9.17) is 4.74 Å². The molecular formula is C18H33NO3. The summed E-state index contributed by atoms with van der Waals surface area (Å²) < 4.78 is 5.00. The first-order valence-corrected chi connectivity index (χ1v) is 8.80. The van der Waals surface area contributed by atoms with Crippen molar-refractivity contribution < 1.29 is 14.3 Å². The van der Waals surface area contributed by atoms with Crippen molar-refractivity contribution in [3.63, 3.8) is 0 Å². The number of amides is 1. The van der Waals surface area contributed by atoms with E-state index >= 15 is 0 Å². The lowest BCUT2D eigenvalue weighted by atomic mass is 9.86. The summed E-state index contributed by atoms with van der Waals surface area (Å²) >= 11 is 0. The first-order valence-electron chi connectivity index (χ1n) is 8.80. The maximum atomic E-state index is 12.8. The Hall–Kier alpha value is -0.900. The van der Waals surface area contributed by atoms with Crippen LogP contribution in [0.15, 0.2) is 0 Å². The van der Waals surface area contributed by atoms with Crippen LogP contribution in [0.25, 0.3) is 0 Å². The van der Waals surface area contributed by atoms with Crippen LogP contribution in [0.1, 0.15) is 66.2 Å². The van der Waals surface area contributed by atoms with E-state index in [1.807, 2.05) is 0 Å². The number of hydrogen-bond acceptors (Lipinski definition) is 3. The Morgan fingerprint density at radius 2 is 2.00 bits per heavy atom. The maximum absolute atomic E-state index is 12.8. The number of unbranched alkanes of at least 4 members (excludes halogenated alkanes) is 1. The SMILES string of the molecule is CCCCC(C(=O)NC1(C(=O)COC)CC1CC)C(C)CC. The lowest BCUT2D eigenvalue weighted by molar-refractivity contribution is -0.134. The lowest BCUT2D eigenvalue weighted by Crippen LogP contribution is -2.49. The van der Waals surface area contributed by atoms with E-state index < -0.39 is 5.54 Å². The molecule has 0 saturated heterocycles. The quantitative estimate of drug-likeness (QED) is 0.636. The monoisotopic (exact) mass is 311 g/mol. The van der Waals surface area contributed by atoms with Gasteiger partial charge in [0.1, 0.15) is 12.1 Å². The Bertz CT molecular complexity index is 383. The van der Waals surface area contributed by atoms with Gasteiger partial charge in [-0.1, -0.05) is 53.4 Å². The molecule has 0 spiro atoms. The van der Waals surface area contributed by atoms with Crippen LogP contribution in [0.3, 0.4) is 0 Å². The summed E-state index contributed by atoms with van der Waals surface area (Å²) in [6, 6.07) is 0. The fourth-order valence-electron chi connectivity index (χ4n) is 3.34. The Labute approximate surface area is 135 Å². The maximum Gasteiger partial charge on any atom is 0.224 e. The van der Waals surface area contributed by atoms with Crippen LogP contribution in [0.4, 0.5) is 0 Å². The molecule has 4 atom stereocenters. The van der Waals surface area contributed by atoms with Gasteiger partial charge in [-0.2, -0.15) is 0 Å². The molecule has 4 unspecified atom stereocenters. The van der Waals surface area contributed by atoms with Crippen molar-refractivity contribution in [3.05, 3.63) is 0 Å². The summed E-state index contributed by atoms with van der Waals surface area (Å²) in [5, 5.41) is 3.11. The molecule has 1 N–H and O–H groups in total. The number of methoxy groups -OCH3 is 1. The van der Waals surface area contributed by atoms with Gasteiger partial charge in [0.25, 0.3) is 0 Å². The van der Waals surface area contributed by atoms with Crippen molar-refractivity contribution in [1.82, 2.24) is 5.32 Å². The zero-order chi connectivity index (χ0) is 16.8. The van der Waals surface area contributed by atoms with Crippen LogP contribution < -0.4 is 5.32 Å². The first kappa shape index (κ1) is 19.1. The zero-order valence-electron chi connectivity index (χ0n) is 14.9. The first-order chi connectivity index (χ1) is 10.5. The molecule has 0 aromatic carbocycles. The van der Waals surface area contributed by atoms with E-state index in [1.165, 1.54) is 7.11 Å². The molecule has 1 aliphatic rings. The van der Waals surface area contributed by atoms with Crippen molar-refractivity contribution in [2.75, 3.05) is 13.7 Å². The Morgan fingerprint density at radius 1 is 1.32 bits per heavy atom. The van der Waals surface area contributed by atoms with Crippen molar-refractivity contribution in [1.29, 1.82) is 0 Å². The normalized spacial score (nSPS) is 26.3. The van der Waals surface area contributed by atoms with Crippen LogP contribution in [0.2, 0.25) is 0 Å². The molecule has 0 aliphatic heterocycles. The number of carbonyl (C=O) groups is 2. The molecule has 128 valence electrons. The van der Waals surface area contributed by atoms with Crippen LogP contribution in [-0.4, -0.2) is 30.9 Å². The number of ether oxygens (including phenoxy) is 1. The summed E-state index contributed by atoms with van der Waals surface area (Å²) in [6.07, 6.45) is 5.71. The van der Waals surface area contributed by atoms with Gasteiger partial charge in [-0.3, -0.25) is 9.59 Å². The van der Waals surface area contributed by atoms with E-state index in [1.54, 1.807) is 0 Å². The second-order valence-electron chi connectivity index (χ2n) is 6.76. The van der Waals surface area contributed by atoms with Crippen LogP contribution in [-0.2, 0) is 14.3 Å². The molecule has 0 aromatic rings. The third kappa shape index (κ3) is 4.31. The summed E-state index contributed by atoms with van der Waals surface area (Å²) in [5.41, 5.74) is -0.653. The van der Waals surface area contributed by atoms with Crippen LogP contribution >= 0.6 is 0 Å². The Kier molecular flexibility index (Phi) is 7.54. The second kappa shape index (κ2) is 8.66. The van der Waals surface area contributed by atoms with E-state index in [-0.39, 0.29) is 30.1 Å². The third-order valence-corrected chi connectivity index (χ3v) is 5.25. The molecule has 0 heterocycles. The predicted molar refractivity (Wildman–Crippen MR) is 88.6 cm³/mol. The second-order valence-corrected chi connectivity index (χ2v) is 6.76. The van der Waals surface area contributed by atoms with Gasteiger partial charge >= 0.3 is 0 Å². The topological polar surface area (TPSA) is 55.4 Å². The highest BCUT2D eigenvalue weighted by atomic mass is 16.5. The smallest absolute Gasteiger partial charge is 0.224 e. The van der Waals surface area contributed by atoms with Gasteiger partial charge in [0, 0.05) is 13.0 Å². The van der Waals surface area contributed by atoms with Crippen molar-refractivity contribution in [2.45, 2.75) is 71.8 Å². The molecule has 4 nitrogen and oxygen atoms in total. The number of rotatable bonds is 11. The highest BCUT2D eigenvalue weighted by Crippen LogP contribution is 2.47. The molecule has 1 saturated carbocycles. The summed E-state index contributed by atoms with van der Waals surface area (Å²) in [6.45, 7) is 8.55. The van der Waals surface area contributed by atoms with Gasteiger partial charge in [0.05, 0.1) is 0 Å². The average molecular weight is 311 g/mol. The lowest BCUT2D eigenvalue weighted by Gasteiger charge is -2.26. The third-order valence-electron chi connectivity index (χ3n) is 5.25. The van der Waals surface area contributed by atoms with Gasteiger partial charge in [0.15, 0.2) is 5.78 Å². The van der Waals surface area contributed by atoms with Gasteiger partial charge in [0.2, 0.25) is 5.91 Å². The van der Waals surface area contributed by atoms with E-state index in [2.05, 4.69) is 33.0 Å². The average Bonchev–Trinajstić information content (AvgIpc) is 3.22. The number of nitrogens with one attached hydrogen (secondary N) is 1. The number of Topliss-reactive ketones (excluding diaryl/α,β-unsaturated/α-hetero) is 1. The zero-order valence-corrected chi connectivity index (χ0v) is 14.9. The molecule has 1 amide bonds. The fraction of sp³-hybridized carbons (Fsp3) is 0.889. The summed E-state index contributed by atoms with van der Waals surface area (Å²) in [4.78, 5) is 25.1. The standard InChI is InChI=1S/C18H33NO3/c1-6-9-10-15(13(4)7-2)17(21)19-18(11-14(18)8-3)16(20)12-22-5/h13-15H,6-12H2,1-5H3,(H,19,21). The van der Waals surface area contributed by atoms with Gasteiger partial charge in [-0.15, -0.1) is 0 Å². The minimum atomic E-state index is -0.653. The molecule has 0 radical (unpaired) electrons. The number of ketones is 1. The molecule has 4 heteroatoms. The summed E-state index contributed by atoms with van der Waals surface area (Å²) in [5.74, 6) is 0.704. The van der Waals surface area contributed by atoms with Crippen molar-refractivity contribution >= 4 is 11.7 Å². The van der Waals surface area contributed by atoms with Crippen LogP contribution in [0, 0.1) is 17.8 Å². The molecular weight excluding hydrogens is 278 g/mol. The molecule has 1 rings (SSSR count). The Morgan fingerprint density at radius 3 is 2.45 bits per heavy atom. The number of carbonyl (C=O) groups excluding carboxylic acids is 2. The van der Waals surface area contributed by atoms with E-state index in [0.29, 0.717) is 5.92 Å². The van der Waals surface area contributed by atoms with Gasteiger partial charge in [-0.05, 0) is 24.7 Å². The summed E-state index contributed by atoms with van der Waals surface area (Å²) in [7, 11) is 1.53. The highest BCUT2D eigenvalue weighted by Gasteiger charge is 2.59. The van der Waals surface area contributed by atoms with Gasteiger partial charge < -0.3 is 10.1 Å². The molecule has 1 fully saturated rings. The van der Waals surface area contributed by atoms with E-state index in [0.717, 1.165) is 38.5 Å². The Balaban J connectivity index is 2.78. The minimum Gasteiger partial charge on any atom is -0.377 e. The minimum absolute atomic E-state index is 0.00951. The molecule has 0 aromatic heterocycles. The molecule has 1 aliphatic carbocycles. The van der Waals surface area contributed by atoms with Crippen LogP contribution in [0.5, 0.6) is 0 Å². The van der Waals surface area contributed by atoms with Crippen molar-refractivity contribution in [3.8, 4) is 0 Å². The molecule has 0 bridgehead atoms.